The van der Waals surface area contributed by atoms with Gasteiger partial charge in [-0.2, -0.15) is 13.2 Å². The van der Waals surface area contributed by atoms with E-state index in [1.807, 2.05) is 0 Å². The largest absolute Gasteiger partial charge is 0.417 e. The molecule has 3 heterocycles. The predicted molar refractivity (Wildman–Crippen MR) is 89.3 cm³/mol. The number of carbonyl (C=O) groups excluding carboxylic acids is 1. The Morgan fingerprint density at radius 2 is 2.23 bits per heavy atom. The zero-order chi connectivity index (χ0) is 18.2. The molecule has 7 nitrogen and oxygen atoms in total. The fourth-order valence-corrected chi connectivity index (χ4v) is 2.82. The molecule has 26 heavy (non-hydrogen) atoms. The molecule has 0 bridgehead atoms. The standard InChI is InChI=1S/C14H15ClF3N5O2.ClH/c1-7-11(19-2-3-25-7)13(24)20-5-10-21-22-12-9(15)4-8(6-23(10)12)14(16,17)18;/h4,6-7,11,19H,2-3,5H2,1H3,(H,20,24);1H/t7-,11+;/m1./s1. The number of pyridine rings is 1. The Morgan fingerprint density at radius 1 is 1.50 bits per heavy atom. The highest BCUT2D eigenvalue weighted by Crippen LogP contribution is 2.32. The molecule has 1 saturated heterocycles. The smallest absolute Gasteiger partial charge is 0.375 e. The van der Waals surface area contributed by atoms with Gasteiger partial charge in [-0.25, -0.2) is 0 Å². The SMILES string of the molecule is C[C@H]1OCCN[C@@H]1C(=O)NCc1nnc2c(Cl)cc(C(F)(F)F)cn12.Cl. The van der Waals surface area contributed by atoms with E-state index in [4.69, 9.17) is 16.3 Å². The number of alkyl halides is 3. The van der Waals surface area contributed by atoms with E-state index < -0.39 is 17.8 Å². The van der Waals surface area contributed by atoms with Crippen LogP contribution in [0.1, 0.15) is 18.3 Å². The third kappa shape index (κ3) is 4.20. The van der Waals surface area contributed by atoms with Crippen molar-refractivity contribution in [3.05, 3.63) is 28.7 Å². The first kappa shape index (κ1) is 20.7. The highest BCUT2D eigenvalue weighted by atomic mass is 35.5. The van der Waals surface area contributed by atoms with Crippen LogP contribution in [0.5, 0.6) is 0 Å². The predicted octanol–water partition coefficient (Wildman–Crippen LogP) is 1.82. The summed E-state index contributed by atoms with van der Waals surface area (Å²) in [6, 6.07) is 0.251. The third-order valence-electron chi connectivity index (χ3n) is 3.88. The minimum absolute atomic E-state index is 0. The zero-order valence-corrected chi connectivity index (χ0v) is 15.1. The maximum Gasteiger partial charge on any atom is 0.417 e. The van der Waals surface area contributed by atoms with Crippen molar-refractivity contribution in [1.82, 2.24) is 25.2 Å². The summed E-state index contributed by atoms with van der Waals surface area (Å²) in [5.74, 6) is -0.192. The number of hydrogen-bond donors (Lipinski definition) is 2. The summed E-state index contributed by atoms with van der Waals surface area (Å²) >= 11 is 5.85. The lowest BCUT2D eigenvalue weighted by molar-refractivity contribution is -0.138. The molecule has 2 aromatic heterocycles. The van der Waals surface area contributed by atoms with E-state index in [0.717, 1.165) is 16.7 Å². The molecular formula is C14H16Cl2F3N5O2. The molecule has 2 N–H and O–H groups in total. The first-order valence-corrected chi connectivity index (χ1v) is 7.88. The Balaban J connectivity index is 0.00000243. The normalized spacial score (nSPS) is 20.7. The number of halogens is 5. The summed E-state index contributed by atoms with van der Waals surface area (Å²) in [6.07, 6.45) is -4.01. The molecule has 12 heteroatoms. The molecule has 1 aliphatic rings. The van der Waals surface area contributed by atoms with Gasteiger partial charge >= 0.3 is 6.18 Å². The Labute approximate surface area is 157 Å². The van der Waals surface area contributed by atoms with Crippen molar-refractivity contribution in [1.29, 1.82) is 0 Å². The highest BCUT2D eigenvalue weighted by Gasteiger charge is 2.32. The van der Waals surface area contributed by atoms with Gasteiger partial charge in [0.05, 0.1) is 29.8 Å². The average Bonchev–Trinajstić information content (AvgIpc) is 2.96. The molecule has 0 saturated carbocycles. The number of hydrogen-bond acceptors (Lipinski definition) is 5. The lowest BCUT2D eigenvalue weighted by atomic mass is 10.1. The number of morpholine rings is 1. The van der Waals surface area contributed by atoms with Crippen LogP contribution in [0, 0.1) is 0 Å². The maximum absolute atomic E-state index is 12.9. The van der Waals surface area contributed by atoms with Crippen LogP contribution < -0.4 is 10.6 Å². The number of amides is 1. The summed E-state index contributed by atoms with van der Waals surface area (Å²) in [5.41, 5.74) is -0.834. The van der Waals surface area contributed by atoms with Gasteiger partial charge in [0.2, 0.25) is 5.91 Å². The summed E-state index contributed by atoms with van der Waals surface area (Å²) in [6.45, 7) is 2.72. The molecule has 0 unspecified atom stereocenters. The van der Waals surface area contributed by atoms with Crippen LogP contribution in [-0.4, -0.2) is 45.8 Å². The second kappa shape index (κ2) is 7.95. The minimum atomic E-state index is -4.55. The van der Waals surface area contributed by atoms with E-state index in [0.29, 0.717) is 13.2 Å². The van der Waals surface area contributed by atoms with Crippen LogP contribution in [0.15, 0.2) is 12.3 Å². The zero-order valence-electron chi connectivity index (χ0n) is 13.5. The molecule has 1 aliphatic heterocycles. The molecule has 0 aliphatic carbocycles. The summed E-state index contributed by atoms with van der Waals surface area (Å²) in [7, 11) is 0. The lowest BCUT2D eigenvalue weighted by Gasteiger charge is -2.29. The quantitative estimate of drug-likeness (QED) is 0.801. The van der Waals surface area contributed by atoms with Gasteiger partial charge in [-0.15, -0.1) is 22.6 Å². The number of nitrogens with one attached hydrogen (secondary N) is 2. The number of aromatic nitrogens is 3. The van der Waals surface area contributed by atoms with Crippen molar-refractivity contribution in [2.45, 2.75) is 31.8 Å². The number of fused-ring (bicyclic) bond motifs is 1. The van der Waals surface area contributed by atoms with E-state index in [1.54, 1.807) is 6.92 Å². The van der Waals surface area contributed by atoms with Crippen LogP contribution in [0.4, 0.5) is 13.2 Å². The Hall–Kier alpha value is -1.62. The van der Waals surface area contributed by atoms with Crippen molar-refractivity contribution in [2.24, 2.45) is 0 Å². The van der Waals surface area contributed by atoms with E-state index in [9.17, 15) is 18.0 Å². The number of rotatable bonds is 3. The molecule has 2 atom stereocenters. The van der Waals surface area contributed by atoms with Crippen molar-refractivity contribution in [3.63, 3.8) is 0 Å². The Kier molecular flexibility index (Phi) is 6.33. The fraction of sp³-hybridized carbons (Fsp3) is 0.500. The number of ether oxygens (including phenoxy) is 1. The van der Waals surface area contributed by atoms with Crippen LogP contribution in [0.25, 0.3) is 5.65 Å². The van der Waals surface area contributed by atoms with Crippen molar-refractivity contribution >= 4 is 35.6 Å². The molecule has 1 amide bonds. The van der Waals surface area contributed by atoms with Crippen LogP contribution in [0.3, 0.4) is 0 Å². The van der Waals surface area contributed by atoms with Gasteiger partial charge < -0.3 is 15.4 Å². The number of carbonyl (C=O) groups is 1. The van der Waals surface area contributed by atoms with Crippen LogP contribution in [-0.2, 0) is 22.3 Å². The van der Waals surface area contributed by atoms with Gasteiger partial charge in [0.15, 0.2) is 11.5 Å². The highest BCUT2D eigenvalue weighted by molar-refractivity contribution is 6.33. The van der Waals surface area contributed by atoms with E-state index in [2.05, 4.69) is 20.8 Å². The van der Waals surface area contributed by atoms with Gasteiger partial charge in [-0.05, 0) is 13.0 Å². The second-order valence-corrected chi connectivity index (χ2v) is 6.02. The van der Waals surface area contributed by atoms with Crippen molar-refractivity contribution in [2.75, 3.05) is 13.2 Å². The average molecular weight is 414 g/mol. The minimum Gasteiger partial charge on any atom is -0.375 e. The van der Waals surface area contributed by atoms with Gasteiger partial charge in [0.1, 0.15) is 6.04 Å². The van der Waals surface area contributed by atoms with Gasteiger partial charge in [0, 0.05) is 12.7 Å². The van der Waals surface area contributed by atoms with E-state index in [1.165, 1.54) is 0 Å². The second-order valence-electron chi connectivity index (χ2n) is 5.61. The van der Waals surface area contributed by atoms with Crippen LogP contribution in [0.2, 0.25) is 5.02 Å². The molecule has 0 aromatic carbocycles. The summed E-state index contributed by atoms with van der Waals surface area (Å²) in [4.78, 5) is 12.2. The topological polar surface area (TPSA) is 80.5 Å². The van der Waals surface area contributed by atoms with Gasteiger partial charge in [-0.1, -0.05) is 11.6 Å². The molecule has 144 valence electrons. The third-order valence-corrected chi connectivity index (χ3v) is 4.16. The van der Waals surface area contributed by atoms with E-state index >= 15 is 0 Å². The maximum atomic E-state index is 12.9. The monoisotopic (exact) mass is 413 g/mol. The van der Waals surface area contributed by atoms with Gasteiger partial charge in [-0.3, -0.25) is 9.20 Å². The lowest BCUT2D eigenvalue weighted by Crippen LogP contribution is -2.55. The molecule has 1 fully saturated rings. The molecule has 2 aromatic rings. The molecule has 0 spiro atoms. The fourth-order valence-electron chi connectivity index (χ4n) is 2.58. The summed E-state index contributed by atoms with van der Waals surface area (Å²) in [5, 5.41) is 13.1. The Bertz CT molecular complexity index is 799. The molecule has 3 rings (SSSR count). The van der Waals surface area contributed by atoms with Crippen LogP contribution >= 0.6 is 24.0 Å². The molecule has 0 radical (unpaired) electrons. The first-order chi connectivity index (χ1) is 11.8. The van der Waals surface area contributed by atoms with Crippen molar-refractivity contribution < 1.29 is 22.7 Å². The van der Waals surface area contributed by atoms with E-state index in [-0.39, 0.29) is 47.5 Å². The van der Waals surface area contributed by atoms with Crippen molar-refractivity contribution in [3.8, 4) is 0 Å². The Morgan fingerprint density at radius 3 is 2.88 bits per heavy atom. The van der Waals surface area contributed by atoms with Gasteiger partial charge in [0.25, 0.3) is 0 Å². The first-order valence-electron chi connectivity index (χ1n) is 7.50. The number of nitrogens with zero attached hydrogens (tertiary/aromatic N) is 3. The summed E-state index contributed by atoms with van der Waals surface area (Å²) < 4.78 is 45.3. The molecular weight excluding hydrogens is 398 g/mol.